The van der Waals surface area contributed by atoms with Crippen molar-refractivity contribution in [1.29, 1.82) is 0 Å². The lowest BCUT2D eigenvalue weighted by molar-refractivity contribution is -0.318. The van der Waals surface area contributed by atoms with E-state index in [1.807, 2.05) is 11.8 Å². The van der Waals surface area contributed by atoms with Crippen molar-refractivity contribution in [2.45, 2.75) is 129 Å². The fraction of sp³-hybridized carbons (Fsp3) is 1.00. The largest absolute Gasteiger partial charge is 0.343 e. The average Bonchev–Trinajstić information content (AvgIpc) is 2.65. The number of hydrogen-bond donors (Lipinski definition) is 4. The first-order valence-electron chi connectivity index (χ1n) is 12.0. The molecule has 0 aliphatic carbocycles. The third kappa shape index (κ3) is 23.9. The number of nitrogens with zero attached hydrogens (tertiary/aromatic N) is 1. The Morgan fingerprint density at radius 3 is 1.30 bits per heavy atom. The molecule has 0 aliphatic rings. The molecule has 5 N–H and O–H groups in total. The van der Waals surface area contributed by atoms with Gasteiger partial charge in [0.15, 0.2) is 0 Å². The molecule has 5 nitrogen and oxygen atoms in total. The Labute approximate surface area is 184 Å². The molecule has 0 saturated heterocycles. The van der Waals surface area contributed by atoms with E-state index in [9.17, 15) is 15.3 Å². The van der Waals surface area contributed by atoms with E-state index >= 15 is 0 Å². The van der Waals surface area contributed by atoms with Crippen molar-refractivity contribution >= 4 is 0 Å². The maximum atomic E-state index is 9.20. The van der Waals surface area contributed by atoms with E-state index in [4.69, 9.17) is 5.73 Å². The van der Waals surface area contributed by atoms with Gasteiger partial charge in [0.2, 0.25) is 0 Å². The summed E-state index contributed by atoms with van der Waals surface area (Å²) in [5, 5.41) is 27.6. The van der Waals surface area contributed by atoms with Crippen molar-refractivity contribution in [2.24, 2.45) is 5.73 Å². The molecule has 30 heavy (non-hydrogen) atoms. The Morgan fingerprint density at radius 1 is 0.667 bits per heavy atom. The van der Waals surface area contributed by atoms with Crippen LogP contribution in [0.2, 0.25) is 0 Å². The average molecular weight is 443 g/mol. The molecule has 0 aromatic rings. The molecule has 0 radical (unpaired) electrons. The quantitative estimate of drug-likeness (QED) is 0.151. The third-order valence-corrected chi connectivity index (χ3v) is 5.68. The van der Waals surface area contributed by atoms with E-state index < -0.39 is 5.97 Å². The molecule has 0 spiro atoms. The van der Waals surface area contributed by atoms with Crippen LogP contribution in [0.3, 0.4) is 0 Å². The molecule has 1 atom stereocenters. The second-order valence-electron chi connectivity index (χ2n) is 8.63. The minimum Gasteiger partial charge on any atom is -0.343 e. The Bertz CT molecular complexity index is 332. The first-order chi connectivity index (χ1) is 13.4. The van der Waals surface area contributed by atoms with Crippen LogP contribution in [0.5, 0.6) is 0 Å². The first kappa shape index (κ1) is 34.3. The molecule has 0 aliphatic heterocycles. The topological polar surface area (TPSA) is 90.0 Å². The number of hydrogen-bond acceptors (Lipinski definition) is 5. The van der Waals surface area contributed by atoms with Gasteiger partial charge in [-0.1, -0.05) is 103 Å². The van der Waals surface area contributed by atoms with Gasteiger partial charge < -0.3 is 21.1 Å². The smallest absolute Gasteiger partial charge is 0.288 e. The fourth-order valence-corrected chi connectivity index (χ4v) is 3.74. The lowest BCUT2D eigenvalue weighted by Crippen LogP contribution is -2.49. The molecule has 0 aromatic carbocycles. The number of rotatable bonds is 21. The van der Waals surface area contributed by atoms with Gasteiger partial charge in [-0.25, -0.2) is 0 Å². The van der Waals surface area contributed by atoms with Crippen molar-refractivity contribution in [2.75, 3.05) is 19.6 Å². The highest BCUT2D eigenvalue weighted by atomic mass is 19.0. The highest BCUT2D eigenvalue weighted by Crippen LogP contribution is 2.14. The lowest BCUT2D eigenvalue weighted by Gasteiger charge is -2.31. The van der Waals surface area contributed by atoms with Crippen LogP contribution < -0.4 is 5.73 Å². The molecule has 0 saturated carbocycles. The van der Waals surface area contributed by atoms with Gasteiger partial charge >= 0.3 is 0 Å². The highest BCUT2D eigenvalue weighted by molar-refractivity contribution is 4.70. The Hall–Kier alpha value is -0.340. The van der Waals surface area contributed by atoms with Crippen LogP contribution >= 0.6 is 0 Å². The Balaban J connectivity index is -0.00000364. The number of halogens is 2. The molecule has 186 valence electrons. The van der Waals surface area contributed by atoms with Crippen LogP contribution in [0.1, 0.15) is 117 Å². The zero-order valence-corrected chi connectivity index (χ0v) is 19.7. The lowest BCUT2D eigenvalue weighted by atomic mass is 10.0. The monoisotopic (exact) mass is 442 g/mol. The van der Waals surface area contributed by atoms with Crippen molar-refractivity contribution in [1.82, 2.24) is 4.90 Å². The maximum Gasteiger partial charge on any atom is 0.288 e. The van der Waals surface area contributed by atoms with Crippen molar-refractivity contribution in [3.63, 3.8) is 0 Å². The predicted octanol–water partition coefficient (Wildman–Crippen LogP) is 4.83. The number of unbranched alkanes of at least 4 members (excludes halogenated alkanes) is 15. The molecule has 1 unspecified atom stereocenters. The van der Waals surface area contributed by atoms with E-state index in [1.165, 1.54) is 89.9 Å². The standard InChI is InChI=1S/C23H50N2O3.2FH/c1-3-4-5-6-7-8-9-10-11-12-13-14-15-16-17-18-19-25(22(2)20-24)21-23(26,27)28;;/h22,26-28H,3-21,24H2,1-2H3;2*1H. The summed E-state index contributed by atoms with van der Waals surface area (Å²) in [5.41, 5.74) is 5.67. The second-order valence-corrected chi connectivity index (χ2v) is 8.63. The van der Waals surface area contributed by atoms with Crippen molar-refractivity contribution in [3.8, 4) is 0 Å². The van der Waals surface area contributed by atoms with E-state index in [0.717, 1.165) is 19.4 Å². The third-order valence-electron chi connectivity index (χ3n) is 5.68. The molecule has 0 aromatic heterocycles. The Morgan fingerprint density at radius 2 is 1.00 bits per heavy atom. The normalized spacial score (nSPS) is 12.5. The molecule has 0 fully saturated rings. The van der Waals surface area contributed by atoms with Gasteiger partial charge in [0.1, 0.15) is 0 Å². The molecular formula is C23H52F2N2O3. The van der Waals surface area contributed by atoms with Gasteiger partial charge in [-0.15, -0.1) is 0 Å². The van der Waals surface area contributed by atoms with Crippen LogP contribution in [0.25, 0.3) is 0 Å². The molecule has 0 bridgehead atoms. The molecule has 0 rings (SSSR count). The summed E-state index contributed by atoms with van der Waals surface area (Å²) < 4.78 is 0. The van der Waals surface area contributed by atoms with Crippen LogP contribution in [0.15, 0.2) is 0 Å². The summed E-state index contributed by atoms with van der Waals surface area (Å²) in [7, 11) is 0. The minimum absolute atomic E-state index is 0. The van der Waals surface area contributed by atoms with Gasteiger partial charge in [0.25, 0.3) is 5.97 Å². The van der Waals surface area contributed by atoms with Gasteiger partial charge in [-0.3, -0.25) is 14.3 Å². The van der Waals surface area contributed by atoms with Crippen molar-refractivity contribution < 1.29 is 24.7 Å². The molecule has 0 amide bonds. The van der Waals surface area contributed by atoms with Gasteiger partial charge in [-0.05, 0) is 19.9 Å². The summed E-state index contributed by atoms with van der Waals surface area (Å²) in [5.74, 6) is -2.64. The molecular weight excluding hydrogens is 390 g/mol. The summed E-state index contributed by atoms with van der Waals surface area (Å²) in [6.07, 6.45) is 21.4. The predicted molar refractivity (Wildman–Crippen MR) is 124 cm³/mol. The number of aliphatic hydroxyl groups is 3. The zero-order chi connectivity index (χ0) is 21.1. The van der Waals surface area contributed by atoms with Gasteiger partial charge in [0, 0.05) is 12.6 Å². The highest BCUT2D eigenvalue weighted by Gasteiger charge is 2.25. The molecule has 0 heterocycles. The summed E-state index contributed by atoms with van der Waals surface area (Å²) in [6.45, 7) is 5.21. The van der Waals surface area contributed by atoms with E-state index in [2.05, 4.69) is 6.92 Å². The second kappa shape index (κ2) is 23.3. The molecule has 7 heteroatoms. The van der Waals surface area contributed by atoms with E-state index in [1.54, 1.807) is 0 Å². The van der Waals surface area contributed by atoms with E-state index in [0.29, 0.717) is 6.54 Å². The SMILES string of the molecule is CCCCCCCCCCCCCCCCCCN(CC(O)(O)O)C(C)CN.F.F. The maximum absolute atomic E-state index is 9.20. The van der Waals surface area contributed by atoms with Crippen LogP contribution in [-0.2, 0) is 0 Å². The number of nitrogens with two attached hydrogens (primary N) is 1. The zero-order valence-electron chi connectivity index (χ0n) is 19.7. The summed E-state index contributed by atoms with van der Waals surface area (Å²) in [4.78, 5) is 1.85. The van der Waals surface area contributed by atoms with Gasteiger partial charge in [-0.2, -0.15) is 0 Å². The van der Waals surface area contributed by atoms with Crippen LogP contribution in [0.4, 0.5) is 9.41 Å². The van der Waals surface area contributed by atoms with E-state index in [-0.39, 0.29) is 22.0 Å². The fourth-order valence-electron chi connectivity index (χ4n) is 3.74. The Kier molecular flexibility index (Phi) is 26.7. The first-order valence-corrected chi connectivity index (χ1v) is 12.0. The summed E-state index contributed by atoms with van der Waals surface area (Å²) >= 11 is 0. The summed E-state index contributed by atoms with van der Waals surface area (Å²) in [6, 6.07) is 0.0298. The van der Waals surface area contributed by atoms with Crippen LogP contribution in [-0.4, -0.2) is 51.9 Å². The van der Waals surface area contributed by atoms with Gasteiger partial charge in [0.05, 0.1) is 6.54 Å². The van der Waals surface area contributed by atoms with Crippen molar-refractivity contribution in [3.05, 3.63) is 0 Å². The minimum atomic E-state index is -2.64. The van der Waals surface area contributed by atoms with Crippen LogP contribution in [0, 0.1) is 0 Å².